The van der Waals surface area contributed by atoms with Gasteiger partial charge in [0.1, 0.15) is 6.61 Å². The normalized spacial score (nSPS) is 14.1. The Hall–Kier alpha value is -4.85. The van der Waals surface area contributed by atoms with Gasteiger partial charge in [0.05, 0.1) is 33.5 Å². The second-order valence-electron chi connectivity index (χ2n) is 9.55. The second-order valence-corrected chi connectivity index (χ2v) is 9.55. The Bertz CT molecular complexity index is 1280. The van der Waals surface area contributed by atoms with Crippen LogP contribution in [0.15, 0.2) is 60.7 Å². The molecule has 0 spiro atoms. The summed E-state index contributed by atoms with van der Waals surface area (Å²) in [5.74, 6) is -1.74. The van der Waals surface area contributed by atoms with Crippen molar-refractivity contribution in [3.8, 4) is 0 Å². The van der Waals surface area contributed by atoms with E-state index in [0.29, 0.717) is 0 Å². The molecule has 3 rings (SSSR count). The maximum absolute atomic E-state index is 13.2. The van der Waals surface area contributed by atoms with Crippen LogP contribution in [0.2, 0.25) is 0 Å². The molecule has 1 aliphatic rings. The Kier molecular flexibility index (Phi) is 11.1. The number of benzene rings is 2. The van der Waals surface area contributed by atoms with Crippen LogP contribution in [0.5, 0.6) is 0 Å². The lowest BCUT2D eigenvalue weighted by molar-refractivity contribution is -0.387. The van der Waals surface area contributed by atoms with Crippen molar-refractivity contribution in [1.29, 1.82) is 0 Å². The maximum Gasteiger partial charge on any atom is 0.410 e. The van der Waals surface area contributed by atoms with Gasteiger partial charge < -0.3 is 23.8 Å². The van der Waals surface area contributed by atoms with Crippen LogP contribution in [0, 0.1) is 26.1 Å². The number of methoxy groups -OCH3 is 1. The van der Waals surface area contributed by atoms with Gasteiger partial charge in [-0.3, -0.25) is 25.0 Å². The van der Waals surface area contributed by atoms with E-state index in [-0.39, 0.29) is 67.2 Å². The second kappa shape index (κ2) is 14.7. The fourth-order valence-electron chi connectivity index (χ4n) is 4.37. The maximum atomic E-state index is 13.2. The first-order valence-electron chi connectivity index (χ1n) is 13.0. The number of nitro benzene ring substituents is 2. The minimum Gasteiger partial charge on any atom is -0.458 e. The van der Waals surface area contributed by atoms with Crippen molar-refractivity contribution in [2.45, 2.75) is 32.0 Å². The number of carbonyl (C=O) groups is 3. The van der Waals surface area contributed by atoms with Gasteiger partial charge in [-0.1, -0.05) is 30.8 Å². The summed E-state index contributed by atoms with van der Waals surface area (Å²) in [6.45, 7) is 4.96. The number of piperidine rings is 1. The van der Waals surface area contributed by atoms with E-state index in [1.807, 2.05) is 0 Å². The summed E-state index contributed by atoms with van der Waals surface area (Å²) in [5, 5.41) is 23.5. The highest BCUT2D eigenvalue weighted by molar-refractivity contribution is 5.87. The van der Waals surface area contributed by atoms with Crippen LogP contribution in [-0.4, -0.2) is 72.3 Å². The summed E-state index contributed by atoms with van der Waals surface area (Å²) < 4.78 is 21.3. The highest BCUT2D eigenvalue weighted by Gasteiger charge is 2.35. The zero-order chi connectivity index (χ0) is 30.8. The lowest BCUT2D eigenvalue weighted by Crippen LogP contribution is -2.42. The van der Waals surface area contributed by atoms with E-state index in [4.69, 9.17) is 18.9 Å². The number of amides is 1. The van der Waals surface area contributed by atoms with Crippen molar-refractivity contribution in [1.82, 2.24) is 4.90 Å². The van der Waals surface area contributed by atoms with Crippen molar-refractivity contribution in [3.63, 3.8) is 0 Å². The van der Waals surface area contributed by atoms with Gasteiger partial charge in [-0.2, -0.15) is 0 Å². The third kappa shape index (κ3) is 8.10. The molecule has 1 unspecified atom stereocenters. The number of ether oxygens (including phenoxy) is 4. The number of hydrogen-bond acceptors (Lipinski definition) is 11. The number of carbonyl (C=O) groups excluding carboxylic acids is 3. The van der Waals surface area contributed by atoms with Crippen LogP contribution in [-0.2, 0) is 28.5 Å². The zero-order valence-electron chi connectivity index (χ0n) is 23.1. The Morgan fingerprint density at radius 3 is 1.93 bits per heavy atom. The number of hydrogen-bond donors (Lipinski definition) is 0. The summed E-state index contributed by atoms with van der Waals surface area (Å²) in [6, 6.07) is 11.1. The molecule has 0 aromatic heterocycles. The summed E-state index contributed by atoms with van der Waals surface area (Å²) >= 11 is 0. The first-order chi connectivity index (χ1) is 20.0. The molecule has 224 valence electrons. The molecule has 0 bridgehead atoms. The fraction of sp³-hybridized carbons (Fsp3) is 0.393. The van der Waals surface area contributed by atoms with Crippen LogP contribution in [0.1, 0.15) is 37.0 Å². The van der Waals surface area contributed by atoms with Crippen molar-refractivity contribution in [2.75, 3.05) is 33.4 Å². The van der Waals surface area contributed by atoms with Crippen LogP contribution < -0.4 is 0 Å². The lowest BCUT2D eigenvalue weighted by atomic mass is 9.97. The van der Waals surface area contributed by atoms with Gasteiger partial charge >= 0.3 is 18.0 Å². The predicted molar refractivity (Wildman–Crippen MR) is 146 cm³/mol. The molecule has 14 nitrogen and oxygen atoms in total. The molecule has 1 fully saturated rings. The van der Waals surface area contributed by atoms with Gasteiger partial charge in [0.15, 0.2) is 12.2 Å². The number of rotatable bonds is 12. The van der Waals surface area contributed by atoms with Gasteiger partial charge in [-0.15, -0.1) is 0 Å². The number of likely N-dealkylation sites (tertiary alicyclic amines) is 1. The molecule has 2 aromatic rings. The molecule has 1 atom stereocenters. The van der Waals surface area contributed by atoms with Gasteiger partial charge in [0, 0.05) is 37.9 Å². The van der Waals surface area contributed by atoms with E-state index in [0.717, 1.165) is 0 Å². The highest BCUT2D eigenvalue weighted by Crippen LogP contribution is 2.37. The summed E-state index contributed by atoms with van der Waals surface area (Å²) in [7, 11) is 1.41. The minimum absolute atomic E-state index is 0.000977. The van der Waals surface area contributed by atoms with E-state index < -0.39 is 46.0 Å². The summed E-state index contributed by atoms with van der Waals surface area (Å²) in [4.78, 5) is 61.2. The van der Waals surface area contributed by atoms with Gasteiger partial charge in [0.25, 0.3) is 11.4 Å². The third-order valence-electron chi connectivity index (χ3n) is 6.52. The molecule has 0 N–H and O–H groups in total. The number of nitrogens with zero attached hydrogens (tertiary/aromatic N) is 3. The van der Waals surface area contributed by atoms with Crippen LogP contribution >= 0.6 is 0 Å². The quantitative estimate of drug-likeness (QED) is 0.115. The van der Waals surface area contributed by atoms with Crippen molar-refractivity contribution in [3.05, 3.63) is 92.0 Å². The predicted octanol–water partition coefficient (Wildman–Crippen LogP) is 4.12. The highest BCUT2D eigenvalue weighted by atomic mass is 16.6. The third-order valence-corrected chi connectivity index (χ3v) is 6.52. The molecule has 1 saturated heterocycles. The number of esters is 2. The number of nitro groups is 2. The molecule has 0 aliphatic carbocycles. The Balaban J connectivity index is 1.71. The average Bonchev–Trinajstić information content (AvgIpc) is 2.98. The standard InChI is InChI=1S/C28H31N3O11/c1-18(2)26(32)40-17-20(16-39-3)41-27(33)19-12-14-29(15-13-19)28(34)42-25(21-8-4-6-10-23(21)30(35)36)22-9-5-7-11-24(22)31(37)38/h4-11,19-20,25H,1,12-17H2,2-3H3. The largest absolute Gasteiger partial charge is 0.458 e. The first kappa shape index (κ1) is 31.7. The molecule has 1 heterocycles. The van der Waals surface area contributed by atoms with Gasteiger partial charge in [0.2, 0.25) is 0 Å². The molecular weight excluding hydrogens is 554 g/mol. The molecular formula is C28H31N3O11. The topological polar surface area (TPSA) is 178 Å². The van der Waals surface area contributed by atoms with Crippen LogP contribution in [0.25, 0.3) is 0 Å². The van der Waals surface area contributed by atoms with Crippen molar-refractivity contribution < 1.29 is 43.2 Å². The Morgan fingerprint density at radius 1 is 0.929 bits per heavy atom. The average molecular weight is 586 g/mol. The molecule has 14 heteroatoms. The first-order valence-corrected chi connectivity index (χ1v) is 13.0. The van der Waals surface area contributed by atoms with Crippen molar-refractivity contribution in [2.24, 2.45) is 5.92 Å². The lowest BCUT2D eigenvalue weighted by Gasteiger charge is -2.32. The van der Waals surface area contributed by atoms with Crippen LogP contribution in [0.3, 0.4) is 0 Å². The molecule has 42 heavy (non-hydrogen) atoms. The smallest absolute Gasteiger partial charge is 0.410 e. The van der Waals surface area contributed by atoms with Crippen molar-refractivity contribution >= 4 is 29.4 Å². The van der Waals surface area contributed by atoms with E-state index in [1.165, 1.54) is 67.5 Å². The van der Waals surface area contributed by atoms with E-state index in [2.05, 4.69) is 6.58 Å². The Morgan fingerprint density at radius 2 is 1.45 bits per heavy atom. The molecule has 2 aromatic carbocycles. The fourth-order valence-corrected chi connectivity index (χ4v) is 4.37. The van der Waals surface area contributed by atoms with Crippen LogP contribution in [0.4, 0.5) is 16.2 Å². The SMILES string of the molecule is C=C(C)C(=O)OCC(COC)OC(=O)C1CCN(C(=O)OC(c2ccccc2[N+](=O)[O-])c2ccccc2[N+](=O)[O-])CC1. The summed E-state index contributed by atoms with van der Waals surface area (Å²) in [6.07, 6.45) is -2.69. The van der Waals surface area contributed by atoms with E-state index >= 15 is 0 Å². The summed E-state index contributed by atoms with van der Waals surface area (Å²) in [5.41, 5.74) is -0.591. The van der Waals surface area contributed by atoms with E-state index in [9.17, 15) is 34.6 Å². The molecule has 1 aliphatic heterocycles. The zero-order valence-corrected chi connectivity index (χ0v) is 23.1. The molecule has 0 radical (unpaired) electrons. The van der Waals surface area contributed by atoms with E-state index in [1.54, 1.807) is 0 Å². The van der Waals surface area contributed by atoms with Gasteiger partial charge in [-0.25, -0.2) is 9.59 Å². The minimum atomic E-state index is -1.44. The Labute approximate surface area is 241 Å². The van der Waals surface area contributed by atoms with Gasteiger partial charge in [-0.05, 0) is 31.9 Å². The monoisotopic (exact) mass is 585 g/mol. The molecule has 1 amide bonds. The number of para-hydroxylation sites is 2. The molecule has 0 saturated carbocycles.